The van der Waals surface area contributed by atoms with Crippen molar-refractivity contribution in [2.45, 2.75) is 6.17 Å². The predicted molar refractivity (Wildman–Crippen MR) is 156 cm³/mol. The molecule has 5 heterocycles. The van der Waals surface area contributed by atoms with Crippen molar-refractivity contribution in [3.63, 3.8) is 0 Å². The molecule has 2 aromatic carbocycles. The second kappa shape index (κ2) is 10.9. The summed E-state index contributed by atoms with van der Waals surface area (Å²) in [5.74, 6) is -0.102. The van der Waals surface area contributed by atoms with E-state index in [1.165, 1.54) is 11.3 Å². The molecule has 1 saturated heterocycles. The summed E-state index contributed by atoms with van der Waals surface area (Å²) in [4.78, 5) is 29.4. The number of benzene rings is 2. The van der Waals surface area contributed by atoms with Crippen LogP contribution < -0.4 is 15.5 Å². The molecule has 41 heavy (non-hydrogen) atoms. The van der Waals surface area contributed by atoms with Crippen LogP contribution in [0.15, 0.2) is 88.5 Å². The van der Waals surface area contributed by atoms with Crippen molar-refractivity contribution in [1.29, 1.82) is 0 Å². The number of thiazole rings is 1. The molecule has 3 aromatic heterocycles. The summed E-state index contributed by atoms with van der Waals surface area (Å²) >= 11 is 1.54. The van der Waals surface area contributed by atoms with E-state index in [0.29, 0.717) is 30.3 Å². The molecule has 0 spiro atoms. The van der Waals surface area contributed by atoms with E-state index >= 15 is 0 Å². The summed E-state index contributed by atoms with van der Waals surface area (Å²) in [7, 11) is 0. The Morgan fingerprint density at radius 2 is 1.76 bits per heavy atom. The smallest absolute Gasteiger partial charge is 0.317 e. The fourth-order valence-corrected chi connectivity index (χ4v) is 5.82. The molecule has 7 rings (SSSR count). The molecule has 2 aliphatic rings. The molecule has 2 aliphatic heterocycles. The Hall–Kier alpha value is -4.94. The standard InChI is InChI=1S/C29H24N8O3S/c38-25-24(32-22(18-7-2-1-3-8-18)20-10-4-5-11-21(20)31-25)34-29-36-35-26(40-29)23-28(37-13-15-39-16-14-37)41-27(33-23)19-9-6-12-30-17-19/h1-12,17,24H,13-16H2,(H,31,38)(H,34,36). The fraction of sp³-hybridized carbons (Fsp3) is 0.172. The molecule has 0 radical (unpaired) electrons. The minimum Gasteiger partial charge on any atom is -0.402 e. The second-order valence-corrected chi connectivity index (χ2v) is 10.3. The molecule has 1 atom stereocenters. The Morgan fingerprint density at radius 3 is 2.59 bits per heavy atom. The fourth-order valence-electron chi connectivity index (χ4n) is 4.72. The molecule has 1 fully saturated rings. The SMILES string of the molecule is O=C1Nc2ccccc2C(c2ccccc2)=NC1Nc1nnc(-c2nc(-c3cccnc3)sc2N2CCOCC2)o1. The van der Waals surface area contributed by atoms with Gasteiger partial charge in [0.25, 0.3) is 11.8 Å². The first-order chi connectivity index (χ1) is 20.2. The van der Waals surface area contributed by atoms with Crippen LogP contribution in [0.4, 0.5) is 16.7 Å². The highest BCUT2D eigenvalue weighted by molar-refractivity contribution is 7.19. The molecule has 1 unspecified atom stereocenters. The number of nitrogens with zero attached hydrogens (tertiary/aromatic N) is 6. The summed E-state index contributed by atoms with van der Waals surface area (Å²) in [6, 6.07) is 21.2. The Kier molecular flexibility index (Phi) is 6.67. The van der Waals surface area contributed by atoms with Gasteiger partial charge in [-0.15, -0.1) is 5.10 Å². The third-order valence-electron chi connectivity index (χ3n) is 6.70. The summed E-state index contributed by atoms with van der Waals surface area (Å²) < 4.78 is 11.6. The number of anilines is 3. The number of pyridine rings is 1. The van der Waals surface area contributed by atoms with E-state index in [2.05, 4.69) is 30.7 Å². The van der Waals surface area contributed by atoms with Crippen molar-refractivity contribution in [3.05, 3.63) is 90.3 Å². The van der Waals surface area contributed by atoms with Crippen molar-refractivity contribution in [1.82, 2.24) is 20.2 Å². The van der Waals surface area contributed by atoms with E-state index in [4.69, 9.17) is 19.1 Å². The number of aromatic nitrogens is 4. The second-order valence-electron chi connectivity index (χ2n) is 9.35. The minimum atomic E-state index is -1.01. The lowest BCUT2D eigenvalue weighted by Crippen LogP contribution is -2.35. The Morgan fingerprint density at radius 1 is 0.951 bits per heavy atom. The van der Waals surface area contributed by atoms with Gasteiger partial charge in [0, 0.05) is 42.2 Å². The molecule has 1 amide bonds. The lowest BCUT2D eigenvalue weighted by Gasteiger charge is -2.27. The lowest BCUT2D eigenvalue weighted by atomic mass is 10.0. The predicted octanol–water partition coefficient (Wildman–Crippen LogP) is 4.32. The number of hydrogen-bond acceptors (Lipinski definition) is 11. The largest absolute Gasteiger partial charge is 0.402 e. The topological polar surface area (TPSA) is 131 Å². The van der Waals surface area contributed by atoms with Crippen molar-refractivity contribution < 1.29 is 13.9 Å². The number of rotatable bonds is 6. The monoisotopic (exact) mass is 564 g/mol. The highest BCUT2D eigenvalue weighted by Crippen LogP contribution is 2.40. The summed E-state index contributed by atoms with van der Waals surface area (Å²) in [5.41, 5.74) is 4.53. The number of benzodiazepines with no additional fused rings is 1. The molecule has 0 aliphatic carbocycles. The first-order valence-corrected chi connectivity index (χ1v) is 13.9. The molecule has 204 valence electrons. The zero-order valence-corrected chi connectivity index (χ0v) is 22.5. The third-order valence-corrected chi connectivity index (χ3v) is 7.86. The Labute approximate surface area is 239 Å². The minimum absolute atomic E-state index is 0.0612. The van der Waals surface area contributed by atoms with Crippen LogP contribution in [0, 0.1) is 0 Å². The summed E-state index contributed by atoms with van der Waals surface area (Å²) in [5, 5.41) is 16.2. The van der Waals surface area contributed by atoms with Gasteiger partial charge in [-0.3, -0.25) is 9.78 Å². The van der Waals surface area contributed by atoms with Gasteiger partial charge in [-0.1, -0.05) is 65.0 Å². The van der Waals surface area contributed by atoms with Crippen LogP contribution in [0.3, 0.4) is 0 Å². The molecule has 2 N–H and O–H groups in total. The third kappa shape index (κ3) is 5.06. The Balaban J connectivity index is 1.23. The number of carbonyl (C=O) groups excluding carboxylic acids is 1. The quantitative estimate of drug-likeness (QED) is 0.310. The van der Waals surface area contributed by atoms with Crippen LogP contribution >= 0.6 is 11.3 Å². The van der Waals surface area contributed by atoms with Crippen molar-refractivity contribution in [2.75, 3.05) is 41.8 Å². The number of fused-ring (bicyclic) bond motifs is 1. The number of morpholine rings is 1. The van der Waals surface area contributed by atoms with E-state index in [1.807, 2.05) is 66.7 Å². The first kappa shape index (κ1) is 25.1. The van der Waals surface area contributed by atoms with Crippen LogP contribution in [0.5, 0.6) is 0 Å². The van der Waals surface area contributed by atoms with E-state index in [0.717, 1.165) is 39.8 Å². The van der Waals surface area contributed by atoms with Crippen LogP contribution in [0.2, 0.25) is 0 Å². The molecular weight excluding hydrogens is 540 g/mol. The molecule has 12 heteroatoms. The molecule has 5 aromatic rings. The molecule has 11 nitrogen and oxygen atoms in total. The highest BCUT2D eigenvalue weighted by atomic mass is 32.1. The van der Waals surface area contributed by atoms with Gasteiger partial charge in [-0.25, -0.2) is 9.98 Å². The summed E-state index contributed by atoms with van der Waals surface area (Å²) in [6.07, 6.45) is 2.49. The normalized spacial score (nSPS) is 16.9. The lowest BCUT2D eigenvalue weighted by molar-refractivity contribution is -0.116. The average molecular weight is 565 g/mol. The van der Waals surface area contributed by atoms with Crippen LogP contribution in [-0.2, 0) is 9.53 Å². The number of carbonyl (C=O) groups is 1. The zero-order chi connectivity index (χ0) is 27.6. The van der Waals surface area contributed by atoms with Crippen LogP contribution in [0.1, 0.15) is 11.1 Å². The highest BCUT2D eigenvalue weighted by Gasteiger charge is 2.29. The number of ether oxygens (including phenoxy) is 1. The molecular formula is C29H24N8O3S. The average Bonchev–Trinajstić information content (AvgIpc) is 3.65. The first-order valence-electron chi connectivity index (χ1n) is 13.1. The number of para-hydroxylation sites is 1. The molecule has 0 saturated carbocycles. The maximum absolute atomic E-state index is 13.3. The van der Waals surface area contributed by atoms with Gasteiger partial charge in [0.1, 0.15) is 10.0 Å². The van der Waals surface area contributed by atoms with E-state index in [9.17, 15) is 4.79 Å². The maximum atomic E-state index is 13.3. The van der Waals surface area contributed by atoms with Gasteiger partial charge in [-0.05, 0) is 18.2 Å². The van der Waals surface area contributed by atoms with Gasteiger partial charge in [0.15, 0.2) is 5.69 Å². The van der Waals surface area contributed by atoms with Crippen molar-refractivity contribution in [2.24, 2.45) is 4.99 Å². The zero-order valence-electron chi connectivity index (χ0n) is 21.7. The molecule has 0 bridgehead atoms. The maximum Gasteiger partial charge on any atom is 0.317 e. The Bertz CT molecular complexity index is 1710. The van der Waals surface area contributed by atoms with E-state index < -0.39 is 6.17 Å². The van der Waals surface area contributed by atoms with E-state index in [1.54, 1.807) is 12.4 Å². The van der Waals surface area contributed by atoms with Crippen molar-refractivity contribution >= 4 is 39.7 Å². The summed E-state index contributed by atoms with van der Waals surface area (Å²) in [6.45, 7) is 2.69. The van der Waals surface area contributed by atoms with Crippen molar-refractivity contribution in [3.8, 4) is 22.2 Å². The van der Waals surface area contributed by atoms with E-state index in [-0.39, 0.29) is 17.8 Å². The van der Waals surface area contributed by atoms with Gasteiger partial charge < -0.3 is 24.7 Å². The van der Waals surface area contributed by atoms with Gasteiger partial charge in [0.2, 0.25) is 6.17 Å². The number of aliphatic imine (C=N–C) groups is 1. The van der Waals surface area contributed by atoms with Crippen LogP contribution in [-0.4, -0.2) is 64.3 Å². The number of amides is 1. The number of hydrogen-bond donors (Lipinski definition) is 2. The van der Waals surface area contributed by atoms with Crippen LogP contribution in [0.25, 0.3) is 22.2 Å². The number of nitrogens with one attached hydrogen (secondary N) is 2. The van der Waals surface area contributed by atoms with Gasteiger partial charge in [-0.2, -0.15) is 0 Å². The van der Waals surface area contributed by atoms with Gasteiger partial charge >= 0.3 is 6.01 Å². The van der Waals surface area contributed by atoms with Gasteiger partial charge in [0.05, 0.1) is 24.6 Å².